The van der Waals surface area contributed by atoms with E-state index in [-0.39, 0.29) is 36.3 Å². The molecule has 7 nitrogen and oxygen atoms in total. The molecule has 3 rings (SSSR count). The van der Waals surface area contributed by atoms with Gasteiger partial charge in [0.1, 0.15) is 0 Å². The molecular weight excluding hydrogens is 358 g/mol. The largest absolute Gasteiger partial charge is 0.462 e. The summed E-state index contributed by atoms with van der Waals surface area (Å²) in [6.07, 6.45) is 6.19. The molecule has 1 saturated heterocycles. The molecule has 0 aromatic heterocycles. The van der Waals surface area contributed by atoms with Crippen molar-refractivity contribution in [2.24, 2.45) is 0 Å². The minimum absolute atomic E-state index is 0.0792. The first-order chi connectivity index (χ1) is 13.6. The van der Waals surface area contributed by atoms with Gasteiger partial charge < -0.3 is 20.7 Å². The van der Waals surface area contributed by atoms with Crippen LogP contribution in [0.3, 0.4) is 0 Å². The first-order valence-electron chi connectivity index (χ1n) is 10.2. The zero-order valence-corrected chi connectivity index (χ0v) is 16.3. The van der Waals surface area contributed by atoms with E-state index in [0.717, 1.165) is 38.5 Å². The van der Waals surface area contributed by atoms with Crippen LogP contribution in [0.4, 0.5) is 5.69 Å². The van der Waals surface area contributed by atoms with Gasteiger partial charge in [0.25, 0.3) is 0 Å². The highest BCUT2D eigenvalue weighted by Crippen LogP contribution is 2.22. The number of rotatable bonds is 7. The number of carbonyl (C=O) groups excluding carboxylic acids is 3. The molecule has 7 heteroatoms. The molecule has 1 saturated carbocycles. The standard InChI is InChI=1S/C21H29N3O4/c1-2-3-12-28-21(27)14-8-10-15(11-9-14)22-19(25)13-18-20(26)24-17-7-5-4-6-16(17)23-18/h8-11,16-18,23H,2-7,12-13H2,1H3,(H,22,25)(H,24,26)/t16-,17+,18+/m1/s1. The highest BCUT2D eigenvalue weighted by molar-refractivity contribution is 5.96. The number of hydrogen-bond acceptors (Lipinski definition) is 5. The summed E-state index contributed by atoms with van der Waals surface area (Å²) in [5.74, 6) is -0.708. The van der Waals surface area contributed by atoms with Crippen LogP contribution in [0.5, 0.6) is 0 Å². The second-order valence-corrected chi connectivity index (χ2v) is 7.54. The third-order valence-corrected chi connectivity index (χ3v) is 5.35. The van der Waals surface area contributed by atoms with Crippen molar-refractivity contribution < 1.29 is 19.1 Å². The number of anilines is 1. The Morgan fingerprint density at radius 2 is 1.86 bits per heavy atom. The van der Waals surface area contributed by atoms with E-state index in [1.807, 2.05) is 6.92 Å². The molecule has 28 heavy (non-hydrogen) atoms. The second-order valence-electron chi connectivity index (χ2n) is 7.54. The average Bonchev–Trinajstić information content (AvgIpc) is 2.69. The van der Waals surface area contributed by atoms with E-state index in [0.29, 0.717) is 17.9 Å². The van der Waals surface area contributed by atoms with Crippen LogP contribution in [0.25, 0.3) is 0 Å². The summed E-state index contributed by atoms with van der Waals surface area (Å²) in [5, 5.41) is 9.17. The molecule has 2 amide bonds. The van der Waals surface area contributed by atoms with Gasteiger partial charge in [-0.3, -0.25) is 9.59 Å². The Labute approximate surface area is 165 Å². The van der Waals surface area contributed by atoms with Crippen LogP contribution in [0, 0.1) is 0 Å². The molecule has 1 aliphatic heterocycles. The van der Waals surface area contributed by atoms with Crippen LogP contribution >= 0.6 is 0 Å². The summed E-state index contributed by atoms with van der Waals surface area (Å²) in [6.45, 7) is 2.44. The first kappa shape index (κ1) is 20.3. The molecular formula is C21H29N3O4. The fourth-order valence-corrected chi connectivity index (χ4v) is 3.75. The van der Waals surface area contributed by atoms with E-state index in [9.17, 15) is 14.4 Å². The third-order valence-electron chi connectivity index (χ3n) is 5.35. The van der Waals surface area contributed by atoms with Crippen molar-refractivity contribution >= 4 is 23.5 Å². The molecule has 2 aliphatic rings. The second kappa shape index (κ2) is 9.68. The topological polar surface area (TPSA) is 96.5 Å². The van der Waals surface area contributed by atoms with Gasteiger partial charge in [-0.2, -0.15) is 0 Å². The van der Waals surface area contributed by atoms with Crippen molar-refractivity contribution in [1.82, 2.24) is 10.6 Å². The maximum atomic E-state index is 12.4. The maximum absolute atomic E-state index is 12.4. The number of benzene rings is 1. The van der Waals surface area contributed by atoms with Gasteiger partial charge >= 0.3 is 5.97 Å². The molecule has 1 aliphatic carbocycles. The molecule has 3 atom stereocenters. The van der Waals surface area contributed by atoms with Gasteiger partial charge in [-0.05, 0) is 43.5 Å². The molecule has 152 valence electrons. The van der Waals surface area contributed by atoms with Crippen LogP contribution < -0.4 is 16.0 Å². The maximum Gasteiger partial charge on any atom is 0.338 e. The Hall–Kier alpha value is -2.41. The monoisotopic (exact) mass is 387 g/mol. The predicted molar refractivity (Wildman–Crippen MR) is 106 cm³/mol. The van der Waals surface area contributed by atoms with Crippen molar-refractivity contribution in [2.45, 2.75) is 70.0 Å². The van der Waals surface area contributed by atoms with Crippen molar-refractivity contribution in [3.63, 3.8) is 0 Å². The SMILES string of the molecule is CCCCOC(=O)c1ccc(NC(=O)C[C@@H]2N[C@@H]3CCCC[C@@H]3NC2=O)cc1. The van der Waals surface area contributed by atoms with Crippen molar-refractivity contribution in [1.29, 1.82) is 0 Å². The number of piperazine rings is 1. The van der Waals surface area contributed by atoms with E-state index in [1.54, 1.807) is 24.3 Å². The van der Waals surface area contributed by atoms with Crippen LogP contribution in [-0.4, -0.2) is 42.5 Å². The van der Waals surface area contributed by atoms with E-state index >= 15 is 0 Å². The van der Waals surface area contributed by atoms with Gasteiger partial charge in [-0.15, -0.1) is 0 Å². The highest BCUT2D eigenvalue weighted by Gasteiger charge is 2.36. The predicted octanol–water partition coefficient (Wildman–Crippen LogP) is 2.37. The zero-order valence-electron chi connectivity index (χ0n) is 16.3. The van der Waals surface area contributed by atoms with Gasteiger partial charge in [0.05, 0.1) is 24.6 Å². The van der Waals surface area contributed by atoms with Crippen molar-refractivity contribution in [2.75, 3.05) is 11.9 Å². The van der Waals surface area contributed by atoms with E-state index in [2.05, 4.69) is 16.0 Å². The number of ether oxygens (including phenoxy) is 1. The molecule has 2 fully saturated rings. The summed E-state index contributed by atoms with van der Waals surface area (Å²) in [7, 11) is 0. The lowest BCUT2D eigenvalue weighted by Crippen LogP contribution is -2.65. The molecule has 0 bridgehead atoms. The zero-order chi connectivity index (χ0) is 19.9. The molecule has 1 aromatic carbocycles. The summed E-state index contributed by atoms with van der Waals surface area (Å²) in [4.78, 5) is 36.5. The van der Waals surface area contributed by atoms with Gasteiger partial charge in [0, 0.05) is 17.8 Å². The van der Waals surface area contributed by atoms with E-state index in [1.165, 1.54) is 0 Å². The Morgan fingerprint density at radius 3 is 2.57 bits per heavy atom. The third kappa shape index (κ3) is 5.32. The fraction of sp³-hybridized carbons (Fsp3) is 0.571. The number of fused-ring (bicyclic) bond motifs is 1. The minimum Gasteiger partial charge on any atom is -0.462 e. The highest BCUT2D eigenvalue weighted by atomic mass is 16.5. The molecule has 1 heterocycles. The average molecular weight is 387 g/mol. The van der Waals surface area contributed by atoms with Crippen LogP contribution in [0.15, 0.2) is 24.3 Å². The van der Waals surface area contributed by atoms with Gasteiger partial charge in [-0.1, -0.05) is 26.2 Å². The quantitative estimate of drug-likeness (QED) is 0.493. The number of nitrogens with one attached hydrogen (secondary N) is 3. The number of unbranched alkanes of at least 4 members (excludes halogenated alkanes) is 1. The Bertz CT molecular complexity index is 704. The first-order valence-corrected chi connectivity index (χ1v) is 10.2. The molecule has 0 radical (unpaired) electrons. The summed E-state index contributed by atoms with van der Waals surface area (Å²) < 4.78 is 5.17. The molecule has 3 N–H and O–H groups in total. The Morgan fingerprint density at radius 1 is 1.14 bits per heavy atom. The van der Waals surface area contributed by atoms with Crippen molar-refractivity contribution in [3.05, 3.63) is 29.8 Å². The number of amides is 2. The molecule has 1 aromatic rings. The van der Waals surface area contributed by atoms with Gasteiger partial charge in [0.2, 0.25) is 11.8 Å². The lowest BCUT2D eigenvalue weighted by molar-refractivity contribution is -0.129. The summed E-state index contributed by atoms with van der Waals surface area (Å²) in [6, 6.07) is 6.52. The molecule has 0 spiro atoms. The van der Waals surface area contributed by atoms with E-state index < -0.39 is 6.04 Å². The lowest BCUT2D eigenvalue weighted by Gasteiger charge is -2.40. The molecule has 0 unspecified atom stereocenters. The number of hydrogen-bond donors (Lipinski definition) is 3. The van der Waals surface area contributed by atoms with Crippen LogP contribution in [0.1, 0.15) is 62.2 Å². The fourth-order valence-electron chi connectivity index (χ4n) is 3.75. The summed E-state index contributed by atoms with van der Waals surface area (Å²) in [5.41, 5.74) is 1.03. The smallest absolute Gasteiger partial charge is 0.338 e. The van der Waals surface area contributed by atoms with Gasteiger partial charge in [-0.25, -0.2) is 4.79 Å². The minimum atomic E-state index is -0.507. The summed E-state index contributed by atoms with van der Waals surface area (Å²) >= 11 is 0. The van der Waals surface area contributed by atoms with E-state index in [4.69, 9.17) is 4.74 Å². The lowest BCUT2D eigenvalue weighted by atomic mass is 9.87. The van der Waals surface area contributed by atoms with Crippen LogP contribution in [0.2, 0.25) is 0 Å². The Kier molecular flexibility index (Phi) is 7.03. The normalized spacial score (nSPS) is 24.0. The number of esters is 1. The van der Waals surface area contributed by atoms with Gasteiger partial charge in [0.15, 0.2) is 0 Å². The Balaban J connectivity index is 1.49. The number of carbonyl (C=O) groups is 3. The van der Waals surface area contributed by atoms with Crippen LogP contribution in [-0.2, 0) is 14.3 Å². The van der Waals surface area contributed by atoms with Crippen molar-refractivity contribution in [3.8, 4) is 0 Å².